The van der Waals surface area contributed by atoms with Crippen LogP contribution in [-0.2, 0) is 51.9 Å². The van der Waals surface area contributed by atoms with E-state index in [-0.39, 0.29) is 104 Å². The van der Waals surface area contributed by atoms with Crippen molar-refractivity contribution in [1.29, 1.82) is 0 Å². The quantitative estimate of drug-likeness (QED) is 0.0187. The molecule has 0 spiro atoms. The van der Waals surface area contributed by atoms with Crippen LogP contribution in [-0.4, -0.2) is 243 Å². The summed E-state index contributed by atoms with van der Waals surface area (Å²) in [5, 5.41) is 91.9. The molecule has 2 unspecified atom stereocenters. The van der Waals surface area contributed by atoms with E-state index in [2.05, 4.69) is 15.3 Å². The van der Waals surface area contributed by atoms with E-state index in [0.717, 1.165) is 12.1 Å². The highest BCUT2D eigenvalue weighted by atomic mass is 35.5. The summed E-state index contributed by atoms with van der Waals surface area (Å²) in [5.41, 5.74) is 1.70. The number of hydrogen-bond acceptors (Lipinski definition) is 25. The minimum atomic E-state index is -5.34. The molecule has 4 aliphatic heterocycles. The molecule has 0 aliphatic carbocycles. The lowest BCUT2D eigenvalue weighted by molar-refractivity contribution is -0.277. The van der Waals surface area contributed by atoms with E-state index in [4.69, 9.17) is 53.1 Å². The number of methoxy groups -OCH3 is 1. The molecule has 11 atom stereocenters. The summed E-state index contributed by atoms with van der Waals surface area (Å²) in [6, 6.07) is 15.6. The van der Waals surface area contributed by atoms with Crippen LogP contribution in [0.4, 0.5) is 5.69 Å². The predicted octanol–water partition coefficient (Wildman–Crippen LogP) is -0.539. The van der Waals surface area contributed by atoms with Crippen LogP contribution in [0.2, 0.25) is 0 Å². The number of hydrogen-bond donors (Lipinski definition) is 9. The number of nitrogens with zero attached hydrogens (tertiary/aromatic N) is 6. The maximum absolute atomic E-state index is 14.7. The molecule has 0 radical (unpaired) electrons. The molecular formula is C57H66ClN7O23S. The molecule has 10 rings (SSSR count). The first-order valence-electron chi connectivity index (χ1n) is 28.2. The number of imide groups is 1. The second-order valence-corrected chi connectivity index (χ2v) is 22.9. The maximum atomic E-state index is 14.7. The number of likely N-dealkylation sites (tertiary alicyclic amines) is 1. The number of ether oxygens (including phenoxy) is 7. The molecule has 4 amide bonds. The van der Waals surface area contributed by atoms with E-state index in [1.54, 1.807) is 35.1 Å². The fraction of sp³-hybridized carbons (Fsp3) is 0.474. The molecule has 89 heavy (non-hydrogen) atoms. The lowest BCUT2D eigenvalue weighted by Gasteiger charge is -2.39. The standard InChI is InChI=1S/C57H66ClN7O23S/c1-62(12-16-82-17-13-63-26-32(60-61-63)11-15-81-18-14-64-45(68)9-10-46(64)69)54(76)30-4-8-40(84-57-53(75)51(73)49(71)44(28-67)86-57)42(20-30)88-89(78,79)87-41-23-39-47(36-21-33(80-2)6-7-35(36)41)31(24-58)25-65(39)55(77)38-19-29-3-5-34(22-37(29)59-38)83-56-52(74)50(72)48(70)43(27-66)85-56/h3-8,19-23,26,31,43-44,48-53,56-57,59,66-67,70-75H,9-18,24-25,27-28H2,1-2H3/t31-,43-,44-,48+,49+,50+,51+,52-,53?,56?,57-/m1/s1. The van der Waals surface area contributed by atoms with Gasteiger partial charge in [-0.25, -0.2) is 4.68 Å². The fourth-order valence-electron chi connectivity index (χ4n) is 10.7. The van der Waals surface area contributed by atoms with Crippen molar-refractivity contribution >= 4 is 73.0 Å². The molecule has 4 aliphatic rings. The molecular weight excluding hydrogens is 1220 g/mol. The van der Waals surface area contributed by atoms with Crippen molar-refractivity contribution in [3.63, 3.8) is 0 Å². The van der Waals surface area contributed by atoms with Gasteiger partial charge in [0.2, 0.25) is 24.4 Å². The number of carbonyl (C=O) groups excluding carboxylic acids is 4. The van der Waals surface area contributed by atoms with E-state index >= 15 is 0 Å². The second-order valence-electron chi connectivity index (χ2n) is 21.4. The number of alkyl halides is 1. The topological polar surface area (TPSA) is 404 Å². The molecule has 6 heterocycles. The zero-order chi connectivity index (χ0) is 63.4. The second kappa shape index (κ2) is 27.8. The molecule has 6 aromatic rings. The number of anilines is 1. The molecule has 2 aromatic heterocycles. The predicted molar refractivity (Wildman–Crippen MR) is 308 cm³/mol. The SMILES string of the molecule is COc1ccc2c(OS(=O)(=O)Oc3cc(C(=O)N(C)CCOCCn4cc(CCOCCN5C(=O)CCC5=O)nn4)ccc3O[C@@H]3O[C@H](CO)[C@H](O)[C@H](O)C3O)cc3c(c2c1)[C@H](CCl)CN3C(=O)c1cc2ccc(OC3O[C@H](CO)[C@H](O)[C@H](O)[C@H]3O)cc2[nH]1. The van der Waals surface area contributed by atoms with Crippen molar-refractivity contribution in [1.82, 2.24) is 29.8 Å². The van der Waals surface area contributed by atoms with Crippen molar-refractivity contribution in [2.75, 3.05) is 84.2 Å². The molecule has 9 N–H and O–H groups in total. The highest BCUT2D eigenvalue weighted by Gasteiger charge is 2.47. The highest BCUT2D eigenvalue weighted by molar-refractivity contribution is 7.82. The van der Waals surface area contributed by atoms with Gasteiger partial charge in [0.1, 0.15) is 66.0 Å². The van der Waals surface area contributed by atoms with Gasteiger partial charge in [-0.05, 0) is 65.5 Å². The number of benzene rings is 4. The first-order chi connectivity index (χ1) is 42.7. The van der Waals surface area contributed by atoms with Gasteiger partial charge in [0.15, 0.2) is 17.2 Å². The van der Waals surface area contributed by atoms with Gasteiger partial charge in [-0.1, -0.05) is 5.21 Å². The Morgan fingerprint density at radius 3 is 2.09 bits per heavy atom. The molecule has 0 bridgehead atoms. The van der Waals surface area contributed by atoms with Crippen LogP contribution >= 0.6 is 11.6 Å². The Morgan fingerprint density at radius 1 is 0.742 bits per heavy atom. The molecule has 30 nitrogen and oxygen atoms in total. The van der Waals surface area contributed by atoms with Gasteiger partial charge in [0.05, 0.1) is 71.2 Å². The molecule has 3 fully saturated rings. The minimum absolute atomic E-state index is 0.00661. The third kappa shape index (κ3) is 14.2. The van der Waals surface area contributed by atoms with Crippen molar-refractivity contribution in [2.24, 2.45) is 0 Å². The monoisotopic (exact) mass is 1280 g/mol. The summed E-state index contributed by atoms with van der Waals surface area (Å²) in [4.78, 5) is 59.2. The van der Waals surface area contributed by atoms with E-state index in [1.807, 2.05) is 0 Å². The number of fused-ring (bicyclic) bond motifs is 4. The minimum Gasteiger partial charge on any atom is -0.497 e. The van der Waals surface area contributed by atoms with E-state index < -0.39 is 114 Å². The summed E-state index contributed by atoms with van der Waals surface area (Å²) >= 11 is 6.61. The summed E-state index contributed by atoms with van der Waals surface area (Å²) < 4.78 is 81.5. The lowest BCUT2D eigenvalue weighted by atomic mass is 9.95. The summed E-state index contributed by atoms with van der Waals surface area (Å²) in [6.45, 7) is -0.222. The molecule has 0 saturated carbocycles. The largest absolute Gasteiger partial charge is 0.501 e. The van der Waals surface area contributed by atoms with E-state index in [1.165, 1.54) is 59.2 Å². The molecule has 4 aromatic carbocycles. The summed E-state index contributed by atoms with van der Waals surface area (Å²) in [5.74, 6) is -3.18. The number of aliphatic hydroxyl groups is 8. The van der Waals surface area contributed by atoms with Gasteiger partial charge >= 0.3 is 10.4 Å². The lowest BCUT2D eigenvalue weighted by Crippen LogP contribution is -2.60. The Bertz CT molecular complexity index is 3650. The average Bonchev–Trinajstić information content (AvgIpc) is 1.65. The Balaban J connectivity index is 0.852. The zero-order valence-corrected chi connectivity index (χ0v) is 49.4. The van der Waals surface area contributed by atoms with Crippen LogP contribution in [0.25, 0.3) is 21.7 Å². The summed E-state index contributed by atoms with van der Waals surface area (Å²) in [6.07, 6.45) is -14.0. The van der Waals surface area contributed by atoms with Gasteiger partial charge < -0.3 is 97.2 Å². The fourth-order valence-corrected chi connectivity index (χ4v) is 11.7. The first kappa shape index (κ1) is 64.6. The number of aromatic amines is 1. The van der Waals surface area contributed by atoms with Gasteiger partial charge in [-0.2, -0.15) is 0 Å². The van der Waals surface area contributed by atoms with Gasteiger partial charge in [-0.3, -0.25) is 24.1 Å². The smallest absolute Gasteiger partial charge is 0.497 e. The van der Waals surface area contributed by atoms with Crippen molar-refractivity contribution < 1.29 is 110 Å². The number of nitrogens with one attached hydrogen (secondary N) is 1. The Labute approximate surface area is 512 Å². The molecule has 480 valence electrons. The number of H-pyrrole nitrogens is 1. The molecule has 32 heteroatoms. The number of aliphatic hydroxyl groups excluding tert-OH is 8. The van der Waals surface area contributed by atoms with Gasteiger partial charge in [0, 0.05) is 91.4 Å². The first-order valence-corrected chi connectivity index (χ1v) is 30.1. The number of rotatable bonds is 26. The summed E-state index contributed by atoms with van der Waals surface area (Å²) in [7, 11) is -2.45. The van der Waals surface area contributed by atoms with Gasteiger partial charge in [0.25, 0.3) is 11.8 Å². The number of halogens is 1. The number of likely N-dealkylation sites (N-methyl/N-ethyl adjacent to an activating group) is 1. The van der Waals surface area contributed by atoms with Crippen molar-refractivity contribution in [3.05, 3.63) is 95.4 Å². The normalized spacial score (nSPS) is 24.6. The van der Waals surface area contributed by atoms with E-state index in [0.29, 0.717) is 52.9 Å². The van der Waals surface area contributed by atoms with Crippen molar-refractivity contribution in [2.45, 2.75) is 93.1 Å². The highest BCUT2D eigenvalue weighted by Crippen LogP contribution is 2.48. The Morgan fingerprint density at radius 2 is 1.40 bits per heavy atom. The third-order valence-corrected chi connectivity index (χ3v) is 16.7. The third-order valence-electron chi connectivity index (χ3n) is 15.5. The van der Waals surface area contributed by atoms with Crippen LogP contribution in [0.5, 0.6) is 28.7 Å². The van der Waals surface area contributed by atoms with Crippen LogP contribution in [0.15, 0.2) is 72.9 Å². The van der Waals surface area contributed by atoms with Crippen molar-refractivity contribution in [3.8, 4) is 28.7 Å². The van der Waals surface area contributed by atoms with Crippen LogP contribution in [0.1, 0.15) is 50.9 Å². The Kier molecular flexibility index (Phi) is 20.2. The number of aromatic nitrogens is 4. The zero-order valence-electron chi connectivity index (χ0n) is 47.8. The number of carbonyl (C=O) groups is 4. The maximum Gasteiger partial charge on any atom is 0.501 e. The Hall–Kier alpha value is -7.34. The van der Waals surface area contributed by atoms with Crippen LogP contribution in [0, 0.1) is 0 Å². The average molecular weight is 1280 g/mol. The van der Waals surface area contributed by atoms with E-state index in [9.17, 15) is 68.4 Å². The van der Waals surface area contributed by atoms with Gasteiger partial charge in [-0.15, -0.1) is 25.1 Å². The molecule has 3 saturated heterocycles. The number of amides is 4. The van der Waals surface area contributed by atoms with Crippen LogP contribution < -0.4 is 27.5 Å². The van der Waals surface area contributed by atoms with Crippen LogP contribution in [0.3, 0.4) is 0 Å².